The molecule has 1 aromatic carbocycles. The first-order valence-electron chi connectivity index (χ1n) is 6.60. The van der Waals surface area contributed by atoms with Crippen molar-refractivity contribution in [2.45, 2.75) is 34.2 Å². The lowest BCUT2D eigenvalue weighted by atomic mass is 10.3. The molecule has 0 atom stereocenters. The van der Waals surface area contributed by atoms with Crippen molar-refractivity contribution in [3.8, 4) is 5.75 Å². The van der Waals surface area contributed by atoms with Gasteiger partial charge in [-0.1, -0.05) is 0 Å². The van der Waals surface area contributed by atoms with E-state index in [1.165, 1.54) is 10.6 Å². The van der Waals surface area contributed by atoms with Crippen molar-refractivity contribution in [1.29, 1.82) is 0 Å². The second-order valence-corrected chi connectivity index (χ2v) is 5.49. The molecule has 102 valence electrons. The monoisotopic (exact) mass is 276 g/mol. The Morgan fingerprint density at radius 2 is 1.84 bits per heavy atom. The van der Waals surface area contributed by atoms with Crippen LogP contribution in [0.1, 0.15) is 24.4 Å². The number of hydrogen-bond acceptors (Lipinski definition) is 3. The molecule has 0 saturated carbocycles. The lowest BCUT2D eigenvalue weighted by molar-refractivity contribution is 0.340. The Bertz CT molecular complexity index is 608. The fraction of sp³-hybridized carbons (Fsp3) is 0.400. The minimum absolute atomic E-state index is 0.690. The van der Waals surface area contributed by atoms with Gasteiger partial charge in [-0.2, -0.15) is 0 Å². The summed E-state index contributed by atoms with van der Waals surface area (Å²) in [4.78, 5) is 7.10. The Kier molecular flexibility index (Phi) is 4.43. The highest BCUT2D eigenvalue weighted by molar-refractivity contribution is 7.09. The molecule has 19 heavy (non-hydrogen) atoms. The number of aromatic nitrogens is 1. The molecule has 0 spiro atoms. The van der Waals surface area contributed by atoms with E-state index in [4.69, 9.17) is 9.73 Å². The van der Waals surface area contributed by atoms with E-state index in [1.807, 2.05) is 31.2 Å². The van der Waals surface area contributed by atoms with Crippen LogP contribution in [0.25, 0.3) is 0 Å². The molecule has 0 unspecified atom stereocenters. The summed E-state index contributed by atoms with van der Waals surface area (Å²) in [6, 6.07) is 7.92. The van der Waals surface area contributed by atoms with Crippen LogP contribution in [0.15, 0.2) is 29.3 Å². The van der Waals surface area contributed by atoms with Crippen LogP contribution in [0.5, 0.6) is 5.75 Å². The molecule has 0 N–H and O–H groups in total. The van der Waals surface area contributed by atoms with Crippen LogP contribution in [0.4, 0.5) is 5.69 Å². The molecule has 0 bridgehead atoms. The summed E-state index contributed by atoms with van der Waals surface area (Å²) < 4.78 is 7.68. The summed E-state index contributed by atoms with van der Waals surface area (Å²) in [6.07, 6.45) is 0. The number of hydrogen-bond donors (Lipinski definition) is 0. The molecular weight excluding hydrogens is 256 g/mol. The van der Waals surface area contributed by atoms with Gasteiger partial charge in [0, 0.05) is 17.1 Å². The van der Waals surface area contributed by atoms with Gasteiger partial charge in [-0.15, -0.1) is 11.3 Å². The van der Waals surface area contributed by atoms with E-state index in [9.17, 15) is 0 Å². The molecule has 1 aromatic heterocycles. The molecule has 3 nitrogen and oxygen atoms in total. The van der Waals surface area contributed by atoms with Gasteiger partial charge in [-0.25, -0.2) is 4.99 Å². The van der Waals surface area contributed by atoms with Crippen molar-refractivity contribution in [2.24, 2.45) is 4.99 Å². The van der Waals surface area contributed by atoms with E-state index in [0.717, 1.165) is 22.8 Å². The zero-order valence-electron chi connectivity index (χ0n) is 11.9. The third kappa shape index (κ3) is 3.07. The highest BCUT2D eigenvalue weighted by Crippen LogP contribution is 2.18. The topological polar surface area (TPSA) is 26.5 Å². The maximum absolute atomic E-state index is 5.43. The second kappa shape index (κ2) is 6.06. The maximum Gasteiger partial charge on any atom is 0.190 e. The fourth-order valence-corrected chi connectivity index (χ4v) is 3.01. The van der Waals surface area contributed by atoms with Crippen molar-refractivity contribution in [3.05, 3.63) is 39.6 Å². The Hall–Kier alpha value is -1.55. The standard InChI is InChI=1S/C15H20N2OS/c1-5-17-11(3)12(4)19-15(17)16-13-7-9-14(10-8-13)18-6-2/h7-10H,5-6H2,1-4H3. The van der Waals surface area contributed by atoms with Crippen LogP contribution < -0.4 is 9.54 Å². The Morgan fingerprint density at radius 1 is 1.16 bits per heavy atom. The summed E-state index contributed by atoms with van der Waals surface area (Å²) in [6.45, 7) is 10.1. The predicted octanol–water partition coefficient (Wildman–Crippen LogP) is 3.82. The molecule has 0 amide bonds. The molecule has 0 aliphatic carbocycles. The molecule has 1 heterocycles. The Labute approximate surface area is 118 Å². The first-order valence-corrected chi connectivity index (χ1v) is 7.41. The SMILES string of the molecule is CCOc1ccc(N=c2sc(C)c(C)n2CC)cc1. The second-order valence-electron chi connectivity index (χ2n) is 4.31. The predicted molar refractivity (Wildman–Crippen MR) is 80.3 cm³/mol. The normalized spacial score (nSPS) is 11.9. The highest BCUT2D eigenvalue weighted by Gasteiger charge is 2.04. The first-order chi connectivity index (χ1) is 9.15. The summed E-state index contributed by atoms with van der Waals surface area (Å²) in [5, 5.41) is 0. The highest BCUT2D eigenvalue weighted by atomic mass is 32.1. The van der Waals surface area contributed by atoms with Crippen LogP contribution >= 0.6 is 11.3 Å². The average Bonchev–Trinajstić information content (AvgIpc) is 2.67. The molecule has 2 rings (SSSR count). The third-order valence-electron chi connectivity index (χ3n) is 3.08. The fourth-order valence-electron chi connectivity index (χ4n) is 1.95. The molecule has 0 aliphatic rings. The zero-order valence-corrected chi connectivity index (χ0v) is 12.8. The van der Waals surface area contributed by atoms with E-state index in [2.05, 4.69) is 25.3 Å². The van der Waals surface area contributed by atoms with Gasteiger partial charge in [-0.05, 0) is 52.0 Å². The van der Waals surface area contributed by atoms with E-state index in [-0.39, 0.29) is 0 Å². The van der Waals surface area contributed by atoms with Crippen LogP contribution in [0, 0.1) is 13.8 Å². The van der Waals surface area contributed by atoms with Crippen molar-refractivity contribution >= 4 is 17.0 Å². The van der Waals surface area contributed by atoms with Crippen LogP contribution in [0.3, 0.4) is 0 Å². The van der Waals surface area contributed by atoms with Gasteiger partial charge in [0.15, 0.2) is 4.80 Å². The van der Waals surface area contributed by atoms with Gasteiger partial charge in [0.05, 0.1) is 12.3 Å². The number of aryl methyl sites for hydroxylation is 1. The molecular formula is C15H20N2OS. The van der Waals surface area contributed by atoms with Gasteiger partial charge in [0.25, 0.3) is 0 Å². The molecule has 2 aromatic rings. The van der Waals surface area contributed by atoms with Gasteiger partial charge < -0.3 is 9.30 Å². The van der Waals surface area contributed by atoms with Crippen molar-refractivity contribution in [2.75, 3.05) is 6.61 Å². The number of nitrogens with zero attached hydrogens (tertiary/aromatic N) is 2. The summed E-state index contributed by atoms with van der Waals surface area (Å²) in [5.41, 5.74) is 2.27. The minimum Gasteiger partial charge on any atom is -0.494 e. The minimum atomic E-state index is 0.690. The first kappa shape index (κ1) is 13.9. The van der Waals surface area contributed by atoms with Gasteiger partial charge in [-0.3, -0.25) is 0 Å². The zero-order chi connectivity index (χ0) is 13.8. The van der Waals surface area contributed by atoms with Crippen LogP contribution in [-0.2, 0) is 6.54 Å². The average molecular weight is 276 g/mol. The lowest BCUT2D eigenvalue weighted by Crippen LogP contribution is -2.14. The molecule has 4 heteroatoms. The molecule has 0 radical (unpaired) electrons. The summed E-state index contributed by atoms with van der Waals surface area (Å²) in [5.74, 6) is 0.892. The van der Waals surface area contributed by atoms with E-state index in [0.29, 0.717) is 6.61 Å². The maximum atomic E-state index is 5.43. The number of thiazole rings is 1. The molecule has 0 saturated heterocycles. The van der Waals surface area contributed by atoms with Crippen molar-refractivity contribution in [1.82, 2.24) is 4.57 Å². The number of ether oxygens (including phenoxy) is 1. The van der Waals surface area contributed by atoms with Gasteiger partial charge in [0.2, 0.25) is 0 Å². The third-order valence-corrected chi connectivity index (χ3v) is 4.17. The Balaban J connectivity index is 2.38. The van der Waals surface area contributed by atoms with Crippen LogP contribution in [-0.4, -0.2) is 11.2 Å². The summed E-state index contributed by atoms with van der Waals surface area (Å²) >= 11 is 1.74. The summed E-state index contributed by atoms with van der Waals surface area (Å²) in [7, 11) is 0. The lowest BCUT2D eigenvalue weighted by Gasteiger charge is -2.03. The van der Waals surface area contributed by atoms with E-state index < -0.39 is 0 Å². The largest absolute Gasteiger partial charge is 0.494 e. The molecule has 0 aliphatic heterocycles. The Morgan fingerprint density at radius 3 is 2.42 bits per heavy atom. The quantitative estimate of drug-likeness (QED) is 0.834. The number of rotatable bonds is 4. The number of benzene rings is 1. The van der Waals surface area contributed by atoms with Crippen molar-refractivity contribution < 1.29 is 4.74 Å². The molecule has 0 fully saturated rings. The van der Waals surface area contributed by atoms with Gasteiger partial charge in [0.1, 0.15) is 5.75 Å². The van der Waals surface area contributed by atoms with E-state index in [1.54, 1.807) is 11.3 Å². The van der Waals surface area contributed by atoms with E-state index >= 15 is 0 Å². The van der Waals surface area contributed by atoms with Crippen molar-refractivity contribution in [3.63, 3.8) is 0 Å². The smallest absolute Gasteiger partial charge is 0.190 e. The van der Waals surface area contributed by atoms with Crippen LogP contribution in [0.2, 0.25) is 0 Å². The van der Waals surface area contributed by atoms with Gasteiger partial charge >= 0.3 is 0 Å².